The first-order valence-corrected chi connectivity index (χ1v) is 13.6. The summed E-state index contributed by atoms with van der Waals surface area (Å²) in [6.45, 7) is 5.79. The van der Waals surface area contributed by atoms with Crippen molar-refractivity contribution in [2.75, 3.05) is 13.2 Å². The SMILES string of the molecule is CCN(C(=O)[C@H](NC(=O)OCC1c2ccccc2-c2ccccc21)[C@H](C)OCc1ccccc1)C(C)CC(=O)O. The highest BCUT2D eigenvalue weighted by Gasteiger charge is 2.35. The van der Waals surface area contributed by atoms with Crippen LogP contribution in [-0.2, 0) is 25.7 Å². The number of benzene rings is 3. The summed E-state index contributed by atoms with van der Waals surface area (Å²) in [7, 11) is 0. The number of ether oxygens (including phenoxy) is 2. The number of nitrogens with one attached hydrogen (secondary N) is 1. The molecule has 3 aromatic carbocycles. The molecule has 8 nitrogen and oxygen atoms in total. The zero-order chi connectivity index (χ0) is 28.6. The fourth-order valence-electron chi connectivity index (χ4n) is 5.27. The van der Waals surface area contributed by atoms with Crippen LogP contribution in [0.1, 0.15) is 49.8 Å². The number of likely N-dealkylation sites (N-methyl/N-ethyl adjacent to an activating group) is 1. The topological polar surface area (TPSA) is 105 Å². The van der Waals surface area contributed by atoms with Crippen molar-refractivity contribution in [2.45, 2.75) is 57.9 Å². The third-order valence-corrected chi connectivity index (χ3v) is 7.33. The van der Waals surface area contributed by atoms with Gasteiger partial charge in [0.15, 0.2) is 0 Å². The highest BCUT2D eigenvalue weighted by Crippen LogP contribution is 2.44. The summed E-state index contributed by atoms with van der Waals surface area (Å²) in [5.41, 5.74) is 5.34. The molecule has 0 spiro atoms. The van der Waals surface area contributed by atoms with Gasteiger partial charge in [-0.1, -0.05) is 78.9 Å². The first kappa shape index (κ1) is 28.8. The van der Waals surface area contributed by atoms with Gasteiger partial charge in [-0.05, 0) is 48.6 Å². The number of nitrogens with zero attached hydrogens (tertiary/aromatic N) is 1. The van der Waals surface area contributed by atoms with Crippen molar-refractivity contribution in [1.82, 2.24) is 10.2 Å². The van der Waals surface area contributed by atoms with Gasteiger partial charge in [0, 0.05) is 18.5 Å². The number of fused-ring (bicyclic) bond motifs is 3. The van der Waals surface area contributed by atoms with E-state index in [4.69, 9.17) is 9.47 Å². The van der Waals surface area contributed by atoms with Crippen molar-refractivity contribution >= 4 is 18.0 Å². The molecule has 4 rings (SSSR count). The number of carboxylic acid groups (broad SMARTS) is 1. The van der Waals surface area contributed by atoms with E-state index in [2.05, 4.69) is 17.4 Å². The number of carboxylic acids is 1. The number of aliphatic carboxylic acids is 1. The smallest absolute Gasteiger partial charge is 0.407 e. The molecule has 1 aliphatic carbocycles. The van der Waals surface area contributed by atoms with Crippen molar-refractivity contribution in [3.63, 3.8) is 0 Å². The molecule has 0 heterocycles. The molecule has 0 saturated carbocycles. The molecule has 0 fully saturated rings. The van der Waals surface area contributed by atoms with Crippen LogP contribution in [0, 0.1) is 0 Å². The maximum atomic E-state index is 13.7. The lowest BCUT2D eigenvalue weighted by molar-refractivity contribution is -0.143. The van der Waals surface area contributed by atoms with Crippen molar-refractivity contribution in [3.8, 4) is 11.1 Å². The lowest BCUT2D eigenvalue weighted by atomic mass is 9.98. The minimum absolute atomic E-state index is 0.104. The summed E-state index contributed by atoms with van der Waals surface area (Å²) in [5, 5.41) is 12.0. The second-order valence-corrected chi connectivity index (χ2v) is 10.0. The van der Waals surface area contributed by atoms with E-state index in [1.165, 1.54) is 4.90 Å². The van der Waals surface area contributed by atoms with E-state index in [1.807, 2.05) is 66.7 Å². The molecule has 2 N–H and O–H groups in total. The first-order valence-electron chi connectivity index (χ1n) is 13.6. The number of rotatable bonds is 12. The Bertz CT molecular complexity index is 1280. The third-order valence-electron chi connectivity index (χ3n) is 7.33. The number of hydrogen-bond acceptors (Lipinski definition) is 5. The van der Waals surface area contributed by atoms with Crippen molar-refractivity contribution in [2.24, 2.45) is 0 Å². The summed E-state index contributed by atoms with van der Waals surface area (Å²) in [4.78, 5) is 39.6. The van der Waals surface area contributed by atoms with Crippen LogP contribution in [0.3, 0.4) is 0 Å². The molecule has 0 aliphatic heterocycles. The maximum absolute atomic E-state index is 13.7. The predicted octanol–water partition coefficient (Wildman–Crippen LogP) is 5.21. The standard InChI is InChI=1S/C32H36N2O6/c1-4-34(21(2)18-29(35)36)31(37)30(22(3)39-19-23-12-6-5-7-13-23)33-32(38)40-20-28-26-16-10-8-14-24(26)25-15-9-11-17-27(25)28/h5-17,21-22,28,30H,4,18-20H2,1-3H3,(H,33,38)(H,35,36)/t21?,22-,30+/m0/s1. The fraction of sp³-hybridized carbons (Fsp3) is 0.344. The third kappa shape index (κ3) is 6.69. The quantitative estimate of drug-likeness (QED) is 0.324. The number of carbonyl (C=O) groups excluding carboxylic acids is 2. The number of amides is 2. The Hall–Kier alpha value is -4.17. The molecule has 0 bridgehead atoms. The molecule has 0 saturated heterocycles. The van der Waals surface area contributed by atoms with E-state index < -0.39 is 36.2 Å². The molecular weight excluding hydrogens is 508 g/mol. The van der Waals surface area contributed by atoms with Gasteiger partial charge in [-0.2, -0.15) is 0 Å². The summed E-state index contributed by atoms with van der Waals surface area (Å²) in [6, 6.07) is 24.0. The molecule has 1 aliphatic rings. The Labute approximate surface area is 234 Å². The van der Waals surface area contributed by atoms with E-state index in [0.29, 0.717) is 0 Å². The Morgan fingerprint density at radius 3 is 2.05 bits per heavy atom. The second kappa shape index (κ2) is 13.3. The molecule has 2 amide bonds. The first-order chi connectivity index (χ1) is 19.3. The van der Waals surface area contributed by atoms with Gasteiger partial charge in [0.25, 0.3) is 0 Å². The van der Waals surface area contributed by atoms with Crippen LogP contribution in [0.25, 0.3) is 11.1 Å². The fourth-order valence-corrected chi connectivity index (χ4v) is 5.27. The Balaban J connectivity index is 1.48. The van der Waals surface area contributed by atoms with Crippen LogP contribution < -0.4 is 5.32 Å². The molecule has 1 unspecified atom stereocenters. The Kier molecular flexibility index (Phi) is 9.56. The molecule has 3 atom stereocenters. The molecular formula is C32H36N2O6. The van der Waals surface area contributed by atoms with Crippen LogP contribution in [0.5, 0.6) is 0 Å². The zero-order valence-electron chi connectivity index (χ0n) is 23.1. The average Bonchev–Trinajstić information content (AvgIpc) is 3.27. The normalized spacial score (nSPS) is 14.4. The van der Waals surface area contributed by atoms with E-state index in [-0.39, 0.29) is 32.1 Å². The van der Waals surface area contributed by atoms with Crippen LogP contribution in [-0.4, -0.2) is 59.3 Å². The van der Waals surface area contributed by atoms with Gasteiger partial charge in [-0.25, -0.2) is 4.79 Å². The molecule has 0 radical (unpaired) electrons. The van der Waals surface area contributed by atoms with Gasteiger partial charge in [0.05, 0.1) is 19.1 Å². The molecule has 8 heteroatoms. The Morgan fingerprint density at radius 2 is 1.48 bits per heavy atom. The number of carbonyl (C=O) groups is 3. The lowest BCUT2D eigenvalue weighted by Gasteiger charge is -2.33. The molecule has 40 heavy (non-hydrogen) atoms. The predicted molar refractivity (Wildman–Crippen MR) is 152 cm³/mol. The molecule has 210 valence electrons. The number of hydrogen-bond donors (Lipinski definition) is 2. The van der Waals surface area contributed by atoms with Crippen molar-refractivity contribution < 1.29 is 29.0 Å². The number of alkyl carbamates (subject to hydrolysis) is 1. The van der Waals surface area contributed by atoms with Gasteiger partial charge >= 0.3 is 12.1 Å². The van der Waals surface area contributed by atoms with Gasteiger partial charge < -0.3 is 24.8 Å². The van der Waals surface area contributed by atoms with Crippen LogP contribution >= 0.6 is 0 Å². The molecule has 3 aromatic rings. The summed E-state index contributed by atoms with van der Waals surface area (Å²) in [6.07, 6.45) is -1.66. The maximum Gasteiger partial charge on any atom is 0.407 e. The van der Waals surface area contributed by atoms with Crippen LogP contribution in [0.15, 0.2) is 78.9 Å². The minimum atomic E-state index is -1.07. The second-order valence-electron chi connectivity index (χ2n) is 10.0. The molecule has 0 aromatic heterocycles. The van der Waals surface area contributed by atoms with E-state index in [1.54, 1.807) is 20.8 Å². The van der Waals surface area contributed by atoms with Gasteiger partial charge in [-0.3, -0.25) is 9.59 Å². The largest absolute Gasteiger partial charge is 0.481 e. The van der Waals surface area contributed by atoms with E-state index in [0.717, 1.165) is 27.8 Å². The van der Waals surface area contributed by atoms with Gasteiger partial charge in [0.1, 0.15) is 12.6 Å². The lowest BCUT2D eigenvalue weighted by Crippen LogP contribution is -2.56. The van der Waals surface area contributed by atoms with Gasteiger partial charge in [0.2, 0.25) is 5.91 Å². The average molecular weight is 545 g/mol. The summed E-state index contributed by atoms with van der Waals surface area (Å²) < 4.78 is 11.7. The van der Waals surface area contributed by atoms with Crippen LogP contribution in [0.4, 0.5) is 4.79 Å². The van der Waals surface area contributed by atoms with Gasteiger partial charge in [-0.15, -0.1) is 0 Å². The van der Waals surface area contributed by atoms with Crippen molar-refractivity contribution in [3.05, 3.63) is 95.6 Å². The Morgan fingerprint density at radius 1 is 0.900 bits per heavy atom. The van der Waals surface area contributed by atoms with E-state index >= 15 is 0 Å². The van der Waals surface area contributed by atoms with Crippen LogP contribution in [0.2, 0.25) is 0 Å². The zero-order valence-corrected chi connectivity index (χ0v) is 23.1. The van der Waals surface area contributed by atoms with E-state index in [9.17, 15) is 19.5 Å². The highest BCUT2D eigenvalue weighted by atomic mass is 16.5. The summed E-state index contributed by atoms with van der Waals surface area (Å²) in [5.74, 6) is -1.56. The van der Waals surface area contributed by atoms with Crippen molar-refractivity contribution in [1.29, 1.82) is 0 Å². The summed E-state index contributed by atoms with van der Waals surface area (Å²) >= 11 is 0. The minimum Gasteiger partial charge on any atom is -0.481 e. The highest BCUT2D eigenvalue weighted by molar-refractivity contribution is 5.87. The monoisotopic (exact) mass is 544 g/mol.